The third-order valence-corrected chi connectivity index (χ3v) is 8.74. The van der Waals surface area contributed by atoms with Gasteiger partial charge in [-0.1, -0.05) is 30.3 Å². The van der Waals surface area contributed by atoms with Crippen molar-refractivity contribution in [3.05, 3.63) is 47.8 Å². The average molecular weight is 644 g/mol. The Bertz CT molecular complexity index is 1220. The quantitative estimate of drug-likeness (QED) is 0.171. The van der Waals surface area contributed by atoms with Gasteiger partial charge in [-0.05, 0) is 51.6 Å². The van der Waals surface area contributed by atoms with Gasteiger partial charge in [0.05, 0.1) is 24.7 Å². The van der Waals surface area contributed by atoms with E-state index in [4.69, 9.17) is 0 Å². The van der Waals surface area contributed by atoms with Crippen LogP contribution >= 0.6 is 0 Å². The maximum atomic E-state index is 13.8. The van der Waals surface area contributed by atoms with E-state index in [1.165, 1.54) is 0 Å². The minimum Gasteiger partial charge on any atom is -0.480 e. The molecule has 254 valence electrons. The van der Waals surface area contributed by atoms with Gasteiger partial charge in [0, 0.05) is 51.0 Å². The predicted molar refractivity (Wildman–Crippen MR) is 170 cm³/mol. The summed E-state index contributed by atoms with van der Waals surface area (Å²) in [4.78, 5) is 55.2. The lowest BCUT2D eigenvalue weighted by Crippen LogP contribution is -2.59. The van der Waals surface area contributed by atoms with E-state index in [-0.39, 0.29) is 37.2 Å². The number of aliphatic hydroxyl groups excluding tert-OH is 1. The van der Waals surface area contributed by atoms with Crippen LogP contribution in [0, 0.1) is 0 Å². The molecule has 2 bridgehead atoms. The lowest BCUT2D eigenvalue weighted by atomic mass is 10.0. The Morgan fingerprint density at radius 1 is 1.04 bits per heavy atom. The van der Waals surface area contributed by atoms with Gasteiger partial charge in [0.2, 0.25) is 17.7 Å². The van der Waals surface area contributed by atoms with Crippen molar-refractivity contribution in [2.45, 2.75) is 75.8 Å². The highest BCUT2D eigenvalue weighted by molar-refractivity contribution is 5.90. The van der Waals surface area contributed by atoms with Crippen LogP contribution in [0.3, 0.4) is 0 Å². The van der Waals surface area contributed by atoms with Crippen molar-refractivity contribution in [1.29, 1.82) is 0 Å². The molecule has 0 aliphatic carbocycles. The van der Waals surface area contributed by atoms with E-state index in [1.54, 1.807) is 23.8 Å². The first-order valence-electron chi connectivity index (χ1n) is 16.1. The predicted octanol–water partition coefficient (Wildman–Crippen LogP) is -1.56. The molecule has 0 spiro atoms. The number of likely N-dealkylation sites (N-methyl/N-ethyl adjacent to an activating group) is 1. The number of allylic oxidation sites excluding steroid dienone is 1. The number of nitrogens with one attached hydrogen (secondary N) is 6. The molecule has 3 heterocycles. The number of nitrogens with zero attached hydrogens (tertiary/aromatic N) is 3. The molecule has 5 atom stereocenters. The van der Waals surface area contributed by atoms with Crippen molar-refractivity contribution in [1.82, 2.24) is 47.0 Å². The molecule has 3 amide bonds. The second kappa shape index (κ2) is 17.2. The molecule has 46 heavy (non-hydrogen) atoms. The number of carbonyl (C=O) groups excluding carboxylic acids is 3. The Morgan fingerprint density at radius 3 is 2.57 bits per heavy atom. The summed E-state index contributed by atoms with van der Waals surface area (Å²) in [6.45, 7) is 3.43. The van der Waals surface area contributed by atoms with Gasteiger partial charge in [-0.2, -0.15) is 0 Å². The summed E-state index contributed by atoms with van der Waals surface area (Å²) in [5, 5.41) is 34.7. The van der Waals surface area contributed by atoms with Crippen LogP contribution in [-0.2, 0) is 25.6 Å². The van der Waals surface area contributed by atoms with E-state index < -0.39 is 36.4 Å². The van der Waals surface area contributed by atoms with E-state index in [2.05, 4.69) is 32.2 Å². The normalized spacial score (nSPS) is 26.6. The lowest BCUT2D eigenvalue weighted by Gasteiger charge is -2.35. The Labute approximate surface area is 270 Å². The largest absolute Gasteiger partial charge is 0.480 e. The number of aliphatic hydroxyl groups is 1. The van der Waals surface area contributed by atoms with Crippen LogP contribution in [0.5, 0.6) is 0 Å². The summed E-state index contributed by atoms with van der Waals surface area (Å²) >= 11 is 0. The number of benzene rings is 1. The van der Waals surface area contributed by atoms with Crippen molar-refractivity contribution in [2.75, 3.05) is 46.3 Å². The highest BCUT2D eigenvalue weighted by Gasteiger charge is 2.39. The van der Waals surface area contributed by atoms with Crippen LogP contribution in [-0.4, -0.2) is 125 Å². The maximum Gasteiger partial charge on any atom is 0.317 e. The maximum absolute atomic E-state index is 13.8. The number of aliphatic carboxylic acids is 1. The number of amides is 3. The average Bonchev–Trinajstić information content (AvgIpc) is 3.72. The number of carbonyl (C=O) groups is 4. The third-order valence-electron chi connectivity index (χ3n) is 8.74. The van der Waals surface area contributed by atoms with Crippen LogP contribution in [0.1, 0.15) is 44.6 Å². The lowest BCUT2D eigenvalue weighted by molar-refractivity contribution is -0.138. The standard InChI is InChI=1S/C31H49N9O6/c1-21(32-2)28(43)34-24-11-6-10-23-19-39(37-36-23)17-16-38(20-27(41)42)15-13-33-29(44)25(18-22-8-4-3-5-9-22)35-30(45)26-12-7-14-40(26)31(24)46/h3-5,8-9,19,21,24-26,31-32,36-37,46H,6-7,10-18,20H2,1-2H3,(H,33,44)(H,34,43)(H,35,45)(H,41,42)/t21-,24-,25-,26-,31?/m0/s1. The first kappa shape index (κ1) is 35.1. The molecule has 4 rings (SSSR count). The Balaban J connectivity index is 1.58. The number of hydrogen-bond acceptors (Lipinski definition) is 11. The van der Waals surface area contributed by atoms with Crippen molar-refractivity contribution in [2.24, 2.45) is 0 Å². The Kier molecular flexibility index (Phi) is 13.2. The zero-order chi connectivity index (χ0) is 33.1. The molecule has 1 unspecified atom stereocenters. The van der Waals surface area contributed by atoms with Gasteiger partial charge >= 0.3 is 5.97 Å². The molecule has 1 fully saturated rings. The van der Waals surface area contributed by atoms with Gasteiger partial charge in [-0.3, -0.25) is 34.0 Å². The number of fused-ring (bicyclic) bond motifs is 2. The van der Waals surface area contributed by atoms with Gasteiger partial charge < -0.3 is 36.9 Å². The number of hydrogen-bond donors (Lipinski definition) is 8. The van der Waals surface area contributed by atoms with Crippen LogP contribution in [0.2, 0.25) is 0 Å². The molecule has 0 aromatic heterocycles. The molecule has 1 aromatic carbocycles. The zero-order valence-electron chi connectivity index (χ0n) is 26.7. The zero-order valence-corrected chi connectivity index (χ0v) is 26.7. The molecule has 3 aliphatic rings. The molecular formula is C31H49N9O6. The van der Waals surface area contributed by atoms with E-state index >= 15 is 0 Å². The minimum atomic E-state index is -1.11. The molecule has 1 aromatic rings. The van der Waals surface area contributed by atoms with Crippen LogP contribution in [0.15, 0.2) is 42.2 Å². The van der Waals surface area contributed by atoms with Gasteiger partial charge in [0.25, 0.3) is 0 Å². The number of carboxylic acids is 1. The van der Waals surface area contributed by atoms with E-state index in [0.29, 0.717) is 58.3 Å². The van der Waals surface area contributed by atoms with Crippen LogP contribution in [0.25, 0.3) is 0 Å². The molecule has 0 saturated carbocycles. The summed E-state index contributed by atoms with van der Waals surface area (Å²) in [5.74, 6) is -1.96. The van der Waals surface area contributed by atoms with Crippen LogP contribution < -0.4 is 32.2 Å². The number of hydrazine groups is 2. The smallest absolute Gasteiger partial charge is 0.317 e. The molecular weight excluding hydrogens is 594 g/mol. The van der Waals surface area contributed by atoms with Crippen LogP contribution in [0.4, 0.5) is 0 Å². The second-order valence-corrected chi connectivity index (χ2v) is 12.1. The van der Waals surface area contributed by atoms with E-state index in [9.17, 15) is 29.4 Å². The number of carboxylic acid groups (broad SMARTS) is 1. The minimum absolute atomic E-state index is 0.184. The fourth-order valence-corrected chi connectivity index (χ4v) is 6.01. The first-order valence-corrected chi connectivity index (χ1v) is 16.1. The van der Waals surface area contributed by atoms with Gasteiger partial charge in [0.1, 0.15) is 12.3 Å². The summed E-state index contributed by atoms with van der Waals surface area (Å²) in [6.07, 6.45) is 3.97. The van der Waals surface area contributed by atoms with Crippen molar-refractivity contribution >= 4 is 23.7 Å². The molecule has 3 aliphatic heterocycles. The topological polar surface area (TPSA) is 191 Å². The molecule has 15 nitrogen and oxygen atoms in total. The third kappa shape index (κ3) is 10.1. The Hall–Kier alpha value is -3.76. The highest BCUT2D eigenvalue weighted by atomic mass is 16.4. The molecule has 0 radical (unpaired) electrons. The second-order valence-electron chi connectivity index (χ2n) is 12.1. The highest BCUT2D eigenvalue weighted by Crippen LogP contribution is 2.24. The fourth-order valence-electron chi connectivity index (χ4n) is 6.01. The van der Waals surface area contributed by atoms with E-state index in [0.717, 1.165) is 11.3 Å². The van der Waals surface area contributed by atoms with Gasteiger partial charge in [0.15, 0.2) is 0 Å². The summed E-state index contributed by atoms with van der Waals surface area (Å²) in [7, 11) is 1.69. The molecule has 15 heteroatoms. The van der Waals surface area contributed by atoms with Crippen molar-refractivity contribution < 1.29 is 29.4 Å². The summed E-state index contributed by atoms with van der Waals surface area (Å²) in [5.41, 5.74) is 7.99. The first-order chi connectivity index (χ1) is 22.1. The Morgan fingerprint density at radius 2 is 1.83 bits per heavy atom. The summed E-state index contributed by atoms with van der Waals surface area (Å²) in [6, 6.07) is 6.70. The molecule has 8 N–H and O–H groups in total. The van der Waals surface area contributed by atoms with Gasteiger partial charge in [-0.15, -0.1) is 5.53 Å². The fraction of sp³-hybridized carbons (Fsp3) is 0.613. The number of rotatable bonds is 7. The van der Waals surface area contributed by atoms with Crippen molar-refractivity contribution in [3.8, 4) is 0 Å². The SMILES string of the molecule is CN[C@@H](C)C(=O)N[C@H]1CCCC2=CN(CCN(CC(=O)O)CCNC(=O)[C@H](Cc3ccccc3)NC(=O)[C@@H]3CCCN3C1O)NN2. The molecule has 1 saturated heterocycles. The summed E-state index contributed by atoms with van der Waals surface area (Å²) < 4.78 is 0. The van der Waals surface area contributed by atoms with Gasteiger partial charge in [-0.25, -0.2) is 0 Å². The van der Waals surface area contributed by atoms with Crippen molar-refractivity contribution in [3.63, 3.8) is 0 Å². The monoisotopic (exact) mass is 643 g/mol. The van der Waals surface area contributed by atoms with E-state index in [1.807, 2.05) is 41.5 Å².